The molecule has 0 saturated heterocycles. The predicted molar refractivity (Wildman–Crippen MR) is 155 cm³/mol. The van der Waals surface area contributed by atoms with Crippen LogP contribution in [0.1, 0.15) is 22.3 Å². The molecule has 2 aromatic carbocycles. The van der Waals surface area contributed by atoms with Gasteiger partial charge in [0.2, 0.25) is 11.3 Å². The van der Waals surface area contributed by atoms with Crippen LogP contribution in [-0.2, 0) is 16.0 Å². The van der Waals surface area contributed by atoms with Crippen LogP contribution < -0.4 is 16.4 Å². The molecule has 3 aliphatic carbocycles. The van der Waals surface area contributed by atoms with E-state index in [0.717, 1.165) is 0 Å². The molecule has 3 aliphatic rings. The number of primary amides is 1. The molecule has 0 aliphatic heterocycles. The molecule has 0 heterocycles. The first-order valence-electron chi connectivity index (χ1n) is 13.1. The highest BCUT2D eigenvalue weighted by Gasteiger charge is 2.65. The number of hydrogen-bond donors (Lipinski definition) is 4. The molecule has 0 bridgehead atoms. The van der Waals surface area contributed by atoms with Crippen LogP contribution in [0.25, 0.3) is 11.1 Å². The molecule has 42 heavy (non-hydrogen) atoms. The molecular weight excluding hydrogens is 544 g/mol. The molecule has 1 amide bonds. The number of benzene rings is 2. The minimum absolute atomic E-state index is 0.0411. The molecule has 13 nitrogen and oxygen atoms in total. The van der Waals surface area contributed by atoms with E-state index in [2.05, 4.69) is 10.4 Å². The van der Waals surface area contributed by atoms with Crippen LogP contribution in [0.5, 0.6) is 5.75 Å². The third-order valence-electron chi connectivity index (χ3n) is 8.62. The lowest BCUT2D eigenvalue weighted by Gasteiger charge is -2.49. The fraction of sp³-hybridized carbons (Fsp3) is 0.345. The molecule has 0 aromatic heterocycles. The summed E-state index contributed by atoms with van der Waals surface area (Å²) < 4.78 is 0. The number of phenols is 1. The first-order valence-corrected chi connectivity index (χ1v) is 13.1. The fourth-order valence-corrected chi connectivity index (χ4v) is 6.88. The van der Waals surface area contributed by atoms with E-state index in [1.165, 1.54) is 4.90 Å². The van der Waals surface area contributed by atoms with Crippen LogP contribution >= 0.6 is 0 Å². The monoisotopic (exact) mass is 574 g/mol. The number of aliphatic hydroxyl groups excluding tert-OH is 1. The summed E-state index contributed by atoms with van der Waals surface area (Å²) >= 11 is 0. The van der Waals surface area contributed by atoms with Gasteiger partial charge in [-0.15, -0.1) is 9.81 Å². The number of nitrogen functional groups attached to an aromatic ring is 1. The number of likely N-dealkylation sites (N-methyl/N-ethyl adjacent to an activating group) is 1. The Labute approximate surface area is 240 Å². The maximum Gasteiger partial charge on any atom is 0.254 e. The smallest absolute Gasteiger partial charge is 0.254 e. The Morgan fingerprint density at radius 2 is 1.79 bits per heavy atom. The van der Waals surface area contributed by atoms with Gasteiger partial charge in [-0.1, -0.05) is 12.1 Å². The van der Waals surface area contributed by atoms with Crippen LogP contribution in [0, 0.1) is 21.6 Å². The van der Waals surface area contributed by atoms with Crippen LogP contribution in [0.2, 0.25) is 0 Å². The largest absolute Gasteiger partial charge is 0.509 e. The number of anilines is 2. The van der Waals surface area contributed by atoms with Gasteiger partial charge in [0.15, 0.2) is 5.78 Å². The number of allylic oxidation sites excluding steroid dienone is 1. The van der Waals surface area contributed by atoms with Gasteiger partial charge in [-0.05, 0) is 72.5 Å². The first kappa shape index (κ1) is 28.6. The Kier molecular flexibility index (Phi) is 6.73. The highest BCUT2D eigenvalue weighted by atomic mass is 16.3. The number of phenolic OH excluding ortho intramolecular Hbond substituents is 1. The molecule has 0 fully saturated rings. The van der Waals surface area contributed by atoms with Crippen molar-refractivity contribution in [3.63, 3.8) is 0 Å². The van der Waals surface area contributed by atoms with Gasteiger partial charge in [-0.3, -0.25) is 14.4 Å². The number of nitrogens with zero attached hydrogens (tertiary/aromatic N) is 4. The zero-order valence-corrected chi connectivity index (χ0v) is 23.4. The molecule has 0 spiro atoms. The highest BCUT2D eigenvalue weighted by molar-refractivity contribution is 6.25. The second-order valence-electron chi connectivity index (χ2n) is 11.3. The number of nitrogens with two attached hydrogens (primary N) is 2. The number of nitroso groups, excluding NO2 is 2. The normalized spacial score (nSPS) is 25.1. The van der Waals surface area contributed by atoms with E-state index in [1.807, 2.05) is 0 Å². The molecule has 0 unspecified atom stereocenters. The molecule has 4 atom stereocenters. The number of ketones is 2. The summed E-state index contributed by atoms with van der Waals surface area (Å²) in [5, 5.41) is 29.2. The number of hydrogen-bond acceptors (Lipinski definition) is 12. The van der Waals surface area contributed by atoms with Crippen molar-refractivity contribution in [2.45, 2.75) is 24.4 Å². The number of fused-ring (bicyclic) bond motifs is 3. The maximum atomic E-state index is 14.2. The van der Waals surface area contributed by atoms with Gasteiger partial charge in [0.25, 0.3) is 5.91 Å². The molecule has 5 rings (SSSR count). The Bertz CT molecular complexity index is 1660. The zero-order chi connectivity index (χ0) is 30.8. The lowest BCUT2D eigenvalue weighted by Crippen LogP contribution is -2.62. The van der Waals surface area contributed by atoms with Crippen LogP contribution in [0.15, 0.2) is 63.3 Å². The van der Waals surface area contributed by atoms with Gasteiger partial charge in [0, 0.05) is 42.5 Å². The van der Waals surface area contributed by atoms with E-state index in [9.17, 15) is 34.4 Å². The van der Waals surface area contributed by atoms with Crippen molar-refractivity contribution in [1.82, 2.24) is 4.90 Å². The zero-order valence-electron chi connectivity index (χ0n) is 23.4. The quantitative estimate of drug-likeness (QED) is 0.225. The van der Waals surface area contributed by atoms with Crippen molar-refractivity contribution in [1.29, 1.82) is 0 Å². The van der Waals surface area contributed by atoms with Crippen LogP contribution in [0.4, 0.5) is 11.4 Å². The van der Waals surface area contributed by atoms with Crippen molar-refractivity contribution < 1.29 is 24.6 Å². The van der Waals surface area contributed by atoms with Crippen molar-refractivity contribution in [2.24, 2.45) is 27.9 Å². The van der Waals surface area contributed by atoms with Gasteiger partial charge in [0.1, 0.15) is 22.8 Å². The second-order valence-corrected chi connectivity index (χ2v) is 11.3. The third kappa shape index (κ3) is 3.76. The number of amides is 1. The fourth-order valence-electron chi connectivity index (χ4n) is 6.88. The molecular formula is C29H30N6O7. The summed E-state index contributed by atoms with van der Waals surface area (Å²) in [4.78, 5) is 68.2. The minimum atomic E-state index is -2.61. The first-order chi connectivity index (χ1) is 19.8. The summed E-state index contributed by atoms with van der Waals surface area (Å²) in [6, 6.07) is 7.38. The van der Waals surface area contributed by atoms with Gasteiger partial charge in [-0.25, -0.2) is 0 Å². The molecule has 0 radical (unpaired) electrons. The summed E-state index contributed by atoms with van der Waals surface area (Å²) in [6.07, 6.45) is 0.106. The van der Waals surface area contributed by atoms with E-state index < -0.39 is 57.9 Å². The summed E-state index contributed by atoms with van der Waals surface area (Å²) in [6.45, 7) is 0. The summed E-state index contributed by atoms with van der Waals surface area (Å²) in [7, 11) is 6.67. The molecule has 6 N–H and O–H groups in total. The number of carbonyl (C=O) groups excluding carboxylic acids is 3. The number of aromatic hydroxyl groups is 1. The summed E-state index contributed by atoms with van der Waals surface area (Å²) in [5.41, 5.74) is 9.57. The SMILES string of the molecule is CN(C)c1cc(-c2cccc(N)c2)c(O)c2c1C[C@H]1C[C@H]3[C@H](N(C)C)C(N=O)=C(C(N)=O)C(=O)[C@@]3(N=O)C(O)=C1C2=O. The van der Waals surface area contributed by atoms with Gasteiger partial charge in [-0.2, -0.15) is 0 Å². The third-order valence-corrected chi connectivity index (χ3v) is 8.62. The lowest BCUT2D eigenvalue weighted by atomic mass is 9.57. The molecule has 13 heteroatoms. The molecule has 0 saturated carbocycles. The van der Waals surface area contributed by atoms with Crippen LogP contribution in [-0.4, -0.2) is 72.4 Å². The Morgan fingerprint density at radius 3 is 2.33 bits per heavy atom. The average molecular weight is 575 g/mol. The van der Waals surface area contributed by atoms with Gasteiger partial charge >= 0.3 is 0 Å². The maximum absolute atomic E-state index is 14.2. The van der Waals surface area contributed by atoms with Crippen molar-refractivity contribution in [2.75, 3.05) is 38.8 Å². The van der Waals surface area contributed by atoms with Crippen LogP contribution in [0.3, 0.4) is 0 Å². The van der Waals surface area contributed by atoms with E-state index in [4.69, 9.17) is 11.5 Å². The topological polar surface area (TPSA) is 209 Å². The van der Waals surface area contributed by atoms with Crippen molar-refractivity contribution in [3.05, 3.63) is 73.9 Å². The number of carbonyl (C=O) groups is 3. The lowest BCUT2D eigenvalue weighted by molar-refractivity contribution is -0.128. The van der Waals surface area contributed by atoms with Crippen molar-refractivity contribution in [3.8, 4) is 16.9 Å². The average Bonchev–Trinajstić information content (AvgIpc) is 2.92. The second kappa shape index (κ2) is 9.87. The Balaban J connectivity index is 1.80. The van der Waals surface area contributed by atoms with E-state index >= 15 is 0 Å². The van der Waals surface area contributed by atoms with E-state index in [0.29, 0.717) is 28.1 Å². The molecule has 218 valence electrons. The Hall–Kier alpha value is -4.91. The van der Waals surface area contributed by atoms with Gasteiger partial charge < -0.3 is 31.5 Å². The number of Topliss-reactive ketones (excluding diaryl/α,β-unsaturated/α-hetero) is 2. The van der Waals surface area contributed by atoms with Crippen molar-refractivity contribution >= 4 is 28.8 Å². The molecule has 2 aromatic rings. The number of rotatable bonds is 6. The minimum Gasteiger partial charge on any atom is -0.509 e. The summed E-state index contributed by atoms with van der Waals surface area (Å²) in [5.74, 6) is -6.55. The highest BCUT2D eigenvalue weighted by Crippen LogP contribution is 2.55. The van der Waals surface area contributed by atoms with E-state index in [1.54, 1.807) is 63.4 Å². The van der Waals surface area contributed by atoms with Gasteiger partial charge in [0.05, 0.1) is 11.6 Å². The van der Waals surface area contributed by atoms with E-state index in [-0.39, 0.29) is 29.7 Å². The number of aliphatic hydroxyl groups is 1. The standard InChI is InChI=1S/C29H30N6O7/c1-34(2)18-11-15(12-6-5-7-14(30)8-12)24(36)20-16(18)9-13-10-17-23(35(3)4)22(32-41)21(28(31)40)27(39)29(17,33-42)26(38)19(13)25(20)37/h5-8,11,13,17,23,36,38H,9-10,30H2,1-4H3,(H2,31,40)/t13-,17-,23-,29-/m0/s1. The predicted octanol–water partition coefficient (Wildman–Crippen LogP) is 2.42. The Morgan fingerprint density at radius 1 is 1.10 bits per heavy atom.